The molecule has 1 heterocycles. The standard InChI is InChI=1S/C17H20N2O2/c20-17(21)15-8-6-13(7-9-15)12-19-11-10-18-16(19)14-4-2-1-3-5-14/h6-11,14H,1-5,12H2,(H,20,21). The summed E-state index contributed by atoms with van der Waals surface area (Å²) in [5, 5.41) is 8.93. The SMILES string of the molecule is O=C(O)c1ccc(Cn2ccnc2C2CCCCC2)cc1. The van der Waals surface area contributed by atoms with E-state index in [0.29, 0.717) is 11.5 Å². The Morgan fingerprint density at radius 2 is 1.90 bits per heavy atom. The van der Waals surface area contributed by atoms with Crippen LogP contribution in [-0.4, -0.2) is 20.6 Å². The average molecular weight is 284 g/mol. The summed E-state index contributed by atoms with van der Waals surface area (Å²) in [5.41, 5.74) is 1.44. The Kier molecular flexibility index (Phi) is 4.04. The number of nitrogens with zero attached hydrogens (tertiary/aromatic N) is 2. The number of carboxylic acids is 1. The van der Waals surface area contributed by atoms with Crippen LogP contribution in [0.1, 0.15) is 59.8 Å². The maximum Gasteiger partial charge on any atom is 0.335 e. The van der Waals surface area contributed by atoms with Crippen LogP contribution >= 0.6 is 0 Å². The molecule has 0 saturated heterocycles. The first-order valence-corrected chi connectivity index (χ1v) is 7.57. The first kappa shape index (κ1) is 13.9. The van der Waals surface area contributed by atoms with Crippen LogP contribution in [0.2, 0.25) is 0 Å². The summed E-state index contributed by atoms with van der Waals surface area (Å²) in [6, 6.07) is 7.09. The summed E-state index contributed by atoms with van der Waals surface area (Å²) in [6.45, 7) is 0.756. The van der Waals surface area contributed by atoms with E-state index in [9.17, 15) is 4.79 Å². The third-order valence-corrected chi connectivity index (χ3v) is 4.27. The van der Waals surface area contributed by atoms with Crippen LogP contribution in [-0.2, 0) is 6.54 Å². The molecule has 4 heteroatoms. The maximum atomic E-state index is 10.9. The molecular weight excluding hydrogens is 264 g/mol. The average Bonchev–Trinajstić information content (AvgIpc) is 2.97. The van der Waals surface area contributed by atoms with Gasteiger partial charge in [0.15, 0.2) is 0 Å². The number of aromatic carboxylic acids is 1. The van der Waals surface area contributed by atoms with Gasteiger partial charge in [-0.2, -0.15) is 0 Å². The van der Waals surface area contributed by atoms with Gasteiger partial charge in [-0.25, -0.2) is 9.78 Å². The van der Waals surface area contributed by atoms with Gasteiger partial charge in [-0.3, -0.25) is 0 Å². The summed E-state index contributed by atoms with van der Waals surface area (Å²) in [6.07, 6.45) is 10.3. The van der Waals surface area contributed by atoms with E-state index >= 15 is 0 Å². The second-order valence-corrected chi connectivity index (χ2v) is 5.75. The van der Waals surface area contributed by atoms with Gasteiger partial charge in [-0.05, 0) is 30.5 Å². The highest BCUT2D eigenvalue weighted by atomic mass is 16.4. The predicted octanol–water partition coefficient (Wildman–Crippen LogP) is 3.68. The van der Waals surface area contributed by atoms with E-state index in [1.165, 1.54) is 37.9 Å². The summed E-state index contributed by atoms with van der Waals surface area (Å²) < 4.78 is 2.20. The van der Waals surface area contributed by atoms with Crippen LogP contribution in [0.4, 0.5) is 0 Å². The van der Waals surface area contributed by atoms with Crippen LogP contribution in [0.5, 0.6) is 0 Å². The van der Waals surface area contributed by atoms with Crippen molar-refractivity contribution < 1.29 is 9.90 Å². The largest absolute Gasteiger partial charge is 0.478 e. The molecule has 21 heavy (non-hydrogen) atoms. The molecule has 1 N–H and O–H groups in total. The van der Waals surface area contributed by atoms with E-state index in [0.717, 1.165) is 12.1 Å². The van der Waals surface area contributed by atoms with Crippen molar-refractivity contribution in [2.75, 3.05) is 0 Å². The summed E-state index contributed by atoms with van der Waals surface area (Å²) in [7, 11) is 0. The number of imidazole rings is 1. The van der Waals surface area contributed by atoms with Crippen molar-refractivity contribution in [2.45, 2.75) is 44.6 Å². The molecule has 0 amide bonds. The molecule has 1 aliphatic carbocycles. The van der Waals surface area contributed by atoms with Gasteiger partial charge in [0.1, 0.15) is 5.82 Å². The van der Waals surface area contributed by atoms with Crippen LogP contribution in [0.3, 0.4) is 0 Å². The summed E-state index contributed by atoms with van der Waals surface area (Å²) in [4.78, 5) is 15.4. The molecule has 0 spiro atoms. The minimum absolute atomic E-state index is 0.330. The lowest BCUT2D eigenvalue weighted by atomic mass is 9.88. The van der Waals surface area contributed by atoms with Crippen LogP contribution < -0.4 is 0 Å². The molecular formula is C17H20N2O2. The second kappa shape index (κ2) is 6.12. The Morgan fingerprint density at radius 1 is 1.19 bits per heavy atom. The van der Waals surface area contributed by atoms with Crippen molar-refractivity contribution in [2.24, 2.45) is 0 Å². The molecule has 0 aliphatic heterocycles. The number of benzene rings is 1. The summed E-state index contributed by atoms with van der Waals surface area (Å²) >= 11 is 0. The van der Waals surface area contributed by atoms with Crippen LogP contribution in [0.25, 0.3) is 0 Å². The molecule has 0 atom stereocenters. The van der Waals surface area contributed by atoms with E-state index in [4.69, 9.17) is 5.11 Å². The molecule has 1 aromatic heterocycles. The molecule has 1 saturated carbocycles. The van der Waals surface area contributed by atoms with Crippen molar-refractivity contribution in [1.82, 2.24) is 9.55 Å². The predicted molar refractivity (Wildman–Crippen MR) is 80.6 cm³/mol. The van der Waals surface area contributed by atoms with Gasteiger partial charge < -0.3 is 9.67 Å². The van der Waals surface area contributed by atoms with E-state index in [-0.39, 0.29) is 0 Å². The van der Waals surface area contributed by atoms with Gasteiger partial charge in [0, 0.05) is 24.9 Å². The van der Waals surface area contributed by atoms with Crippen molar-refractivity contribution in [3.8, 4) is 0 Å². The van der Waals surface area contributed by atoms with Gasteiger partial charge in [0.2, 0.25) is 0 Å². The molecule has 4 nitrogen and oxygen atoms in total. The van der Waals surface area contributed by atoms with Gasteiger partial charge >= 0.3 is 5.97 Å². The second-order valence-electron chi connectivity index (χ2n) is 5.75. The highest BCUT2D eigenvalue weighted by molar-refractivity contribution is 5.87. The molecule has 1 fully saturated rings. The molecule has 3 rings (SSSR count). The van der Waals surface area contributed by atoms with E-state index in [1.54, 1.807) is 12.1 Å². The van der Waals surface area contributed by atoms with E-state index < -0.39 is 5.97 Å². The van der Waals surface area contributed by atoms with Gasteiger partial charge in [0.05, 0.1) is 5.56 Å². The zero-order valence-corrected chi connectivity index (χ0v) is 12.0. The fourth-order valence-electron chi connectivity index (χ4n) is 3.12. The molecule has 2 aromatic rings. The van der Waals surface area contributed by atoms with Gasteiger partial charge in [-0.1, -0.05) is 31.4 Å². The number of aromatic nitrogens is 2. The topological polar surface area (TPSA) is 55.1 Å². The minimum atomic E-state index is -0.882. The quantitative estimate of drug-likeness (QED) is 0.931. The molecule has 1 aliphatic rings. The normalized spacial score (nSPS) is 16.0. The first-order valence-electron chi connectivity index (χ1n) is 7.57. The molecule has 0 bridgehead atoms. The Morgan fingerprint density at radius 3 is 2.57 bits per heavy atom. The summed E-state index contributed by atoms with van der Waals surface area (Å²) in [5.74, 6) is 0.871. The third-order valence-electron chi connectivity index (χ3n) is 4.27. The van der Waals surface area contributed by atoms with Crippen molar-refractivity contribution >= 4 is 5.97 Å². The smallest absolute Gasteiger partial charge is 0.335 e. The van der Waals surface area contributed by atoms with E-state index in [1.807, 2.05) is 24.5 Å². The molecule has 0 unspecified atom stereocenters. The Balaban J connectivity index is 1.75. The molecule has 110 valence electrons. The Hall–Kier alpha value is -2.10. The van der Waals surface area contributed by atoms with Crippen LogP contribution in [0.15, 0.2) is 36.7 Å². The van der Waals surface area contributed by atoms with Crippen LogP contribution in [0, 0.1) is 0 Å². The minimum Gasteiger partial charge on any atom is -0.478 e. The number of hydrogen-bond acceptors (Lipinski definition) is 2. The fourth-order valence-corrected chi connectivity index (χ4v) is 3.12. The Labute approximate surface area is 124 Å². The third kappa shape index (κ3) is 3.15. The monoisotopic (exact) mass is 284 g/mol. The molecule has 1 aromatic carbocycles. The lowest BCUT2D eigenvalue weighted by Crippen LogP contribution is -2.12. The maximum absolute atomic E-state index is 10.9. The van der Waals surface area contributed by atoms with E-state index in [2.05, 4.69) is 9.55 Å². The lowest BCUT2D eigenvalue weighted by molar-refractivity contribution is 0.0697. The van der Waals surface area contributed by atoms with Gasteiger partial charge in [0.25, 0.3) is 0 Å². The van der Waals surface area contributed by atoms with Crippen molar-refractivity contribution in [1.29, 1.82) is 0 Å². The zero-order chi connectivity index (χ0) is 14.7. The zero-order valence-electron chi connectivity index (χ0n) is 12.0. The van der Waals surface area contributed by atoms with Crippen molar-refractivity contribution in [3.05, 3.63) is 53.6 Å². The first-order chi connectivity index (χ1) is 10.2. The number of carboxylic acid groups (broad SMARTS) is 1. The number of hydrogen-bond donors (Lipinski definition) is 1. The number of rotatable bonds is 4. The number of carbonyl (C=O) groups is 1. The van der Waals surface area contributed by atoms with Crippen molar-refractivity contribution in [3.63, 3.8) is 0 Å². The highest BCUT2D eigenvalue weighted by Crippen LogP contribution is 2.31. The highest BCUT2D eigenvalue weighted by Gasteiger charge is 2.19. The fraction of sp³-hybridized carbons (Fsp3) is 0.412. The van der Waals surface area contributed by atoms with Gasteiger partial charge in [-0.15, -0.1) is 0 Å². The lowest BCUT2D eigenvalue weighted by Gasteiger charge is -2.22. The Bertz CT molecular complexity index is 610. The molecule has 0 radical (unpaired) electrons.